The van der Waals surface area contributed by atoms with E-state index in [2.05, 4.69) is 26.3 Å². The van der Waals surface area contributed by atoms with Crippen LogP contribution in [-0.4, -0.2) is 46.1 Å². The molecule has 0 aromatic rings. The van der Waals surface area contributed by atoms with Gasteiger partial charge in [0.25, 0.3) is 0 Å². The van der Waals surface area contributed by atoms with Crippen LogP contribution in [0.2, 0.25) is 0 Å². The molecule has 0 heterocycles. The number of hydrogen-bond acceptors (Lipinski definition) is 6. The van der Waals surface area contributed by atoms with Crippen LogP contribution in [0.4, 0.5) is 0 Å². The normalized spacial score (nSPS) is 9.33. The van der Waals surface area contributed by atoms with Gasteiger partial charge in [-0.1, -0.05) is 25.3 Å². The van der Waals surface area contributed by atoms with Crippen LogP contribution in [0.5, 0.6) is 0 Å². The zero-order valence-electron chi connectivity index (χ0n) is 12.0. The van der Waals surface area contributed by atoms with Crippen molar-refractivity contribution in [3.63, 3.8) is 0 Å². The minimum atomic E-state index is -0.708. The monoisotopic (exact) mass is 294 g/mol. The second kappa shape index (κ2) is 11.7. The lowest BCUT2D eigenvalue weighted by atomic mass is 10.3. The van der Waals surface area contributed by atoms with Crippen molar-refractivity contribution in [2.45, 2.75) is 0 Å². The molecule has 0 atom stereocenters. The van der Waals surface area contributed by atoms with Gasteiger partial charge in [0.15, 0.2) is 0 Å². The van der Waals surface area contributed by atoms with Crippen LogP contribution in [0.1, 0.15) is 0 Å². The van der Waals surface area contributed by atoms with Crippen LogP contribution in [0.3, 0.4) is 0 Å². The maximum Gasteiger partial charge on any atom is 0.580 e. The summed E-state index contributed by atoms with van der Waals surface area (Å²) in [6, 6.07) is 0. The van der Waals surface area contributed by atoms with Gasteiger partial charge in [-0.05, 0) is 0 Å². The van der Waals surface area contributed by atoms with Crippen LogP contribution in [0.25, 0.3) is 0 Å². The maximum absolute atomic E-state index is 11.4. The summed E-state index contributed by atoms with van der Waals surface area (Å²) in [5.74, 6) is -1.42. The molecule has 7 heteroatoms. The summed E-state index contributed by atoms with van der Waals surface area (Å²) >= 11 is 0. The van der Waals surface area contributed by atoms with Crippen LogP contribution in [0, 0.1) is 0 Å². The molecule has 0 rings (SSSR count). The Bertz CT molecular complexity index is 378. The van der Waals surface area contributed by atoms with Crippen molar-refractivity contribution in [2.24, 2.45) is 0 Å². The molecule has 0 unspecified atom stereocenters. The smallest absolute Gasteiger partial charge is 0.498 e. The lowest BCUT2D eigenvalue weighted by Crippen LogP contribution is -2.20. The van der Waals surface area contributed by atoms with E-state index in [-0.39, 0.29) is 24.4 Å². The van der Waals surface area contributed by atoms with Crippen molar-refractivity contribution in [3.05, 3.63) is 49.6 Å². The lowest BCUT2D eigenvalue weighted by molar-refractivity contribution is -0.135. The highest BCUT2D eigenvalue weighted by Crippen LogP contribution is 1.98. The van der Waals surface area contributed by atoms with Gasteiger partial charge in [0.1, 0.15) is 0 Å². The molecule has 0 aliphatic rings. The number of hydrogen-bond donors (Lipinski definition) is 0. The number of carbonyl (C=O) groups is 2. The van der Waals surface area contributed by atoms with Crippen molar-refractivity contribution in [1.82, 2.24) is 0 Å². The first kappa shape index (κ1) is 18.9. The molecule has 0 aromatic heterocycles. The first-order valence-electron chi connectivity index (χ1n) is 6.10. The Labute approximate surface area is 125 Å². The Morgan fingerprint density at radius 2 is 1.24 bits per heavy atom. The molecular weight excluding hydrogens is 275 g/mol. The van der Waals surface area contributed by atoms with Crippen molar-refractivity contribution in [2.75, 3.05) is 26.4 Å². The SMILES string of the molecule is C=CCOCC(=C)C(=O)OBOC(=O)C(=C)COCC=C. The van der Waals surface area contributed by atoms with Gasteiger partial charge in [0.05, 0.1) is 37.6 Å². The average Bonchev–Trinajstić information content (AvgIpc) is 2.47. The standard InChI is InChI=1S/C14H19BO6/c1-5-7-18-9-11(3)13(16)20-15-21-14(17)12(4)10-19-8-6-2/h5-6,15H,1-4,7-10H2. The quantitative estimate of drug-likeness (QED) is 0.230. The van der Waals surface area contributed by atoms with Crippen LogP contribution in [-0.2, 0) is 28.4 Å². The average molecular weight is 294 g/mol. The summed E-state index contributed by atoms with van der Waals surface area (Å²) in [4.78, 5) is 22.8. The Hall–Kier alpha value is -2.12. The fraction of sp³-hybridized carbons (Fsp3) is 0.286. The predicted octanol–water partition coefficient (Wildman–Crippen LogP) is 0.857. The minimum Gasteiger partial charge on any atom is -0.498 e. The highest BCUT2D eigenvalue weighted by atomic mass is 16.6. The van der Waals surface area contributed by atoms with Crippen LogP contribution in [0.15, 0.2) is 49.6 Å². The molecule has 0 saturated heterocycles. The largest absolute Gasteiger partial charge is 0.580 e. The molecule has 0 aliphatic heterocycles. The topological polar surface area (TPSA) is 71.1 Å². The number of carbonyl (C=O) groups excluding carboxylic acids is 2. The summed E-state index contributed by atoms with van der Waals surface area (Å²) in [5.41, 5.74) is 0.224. The molecule has 0 N–H and O–H groups in total. The summed E-state index contributed by atoms with van der Waals surface area (Å²) < 4.78 is 19.4. The van der Waals surface area contributed by atoms with E-state index in [9.17, 15) is 9.59 Å². The minimum absolute atomic E-state index is 0.0148. The summed E-state index contributed by atoms with van der Waals surface area (Å²) in [6.45, 7) is 14.5. The lowest BCUT2D eigenvalue weighted by Gasteiger charge is -2.08. The molecule has 0 spiro atoms. The molecule has 114 valence electrons. The summed E-state index contributed by atoms with van der Waals surface area (Å²) in [6.07, 6.45) is 3.08. The fourth-order valence-electron chi connectivity index (χ4n) is 0.989. The van der Waals surface area contributed by atoms with Gasteiger partial charge in [-0.15, -0.1) is 13.2 Å². The third-order valence-corrected chi connectivity index (χ3v) is 1.98. The van der Waals surface area contributed by atoms with E-state index in [1.165, 1.54) is 0 Å². The zero-order valence-corrected chi connectivity index (χ0v) is 12.0. The molecule has 6 nitrogen and oxygen atoms in total. The molecule has 0 fully saturated rings. The highest BCUT2D eigenvalue weighted by molar-refractivity contribution is 6.28. The van der Waals surface area contributed by atoms with Gasteiger partial charge in [0, 0.05) is 0 Å². The van der Waals surface area contributed by atoms with Gasteiger partial charge in [-0.3, -0.25) is 0 Å². The van der Waals surface area contributed by atoms with Gasteiger partial charge < -0.3 is 18.8 Å². The Kier molecular flexibility index (Phi) is 10.5. The van der Waals surface area contributed by atoms with Gasteiger partial charge in [0.2, 0.25) is 0 Å². The Balaban J connectivity index is 3.85. The molecule has 0 amide bonds. The van der Waals surface area contributed by atoms with Crippen molar-refractivity contribution < 1.29 is 28.4 Å². The van der Waals surface area contributed by atoms with Gasteiger partial charge in [-0.25, -0.2) is 9.59 Å². The van der Waals surface area contributed by atoms with Crippen molar-refractivity contribution in [1.29, 1.82) is 0 Å². The van der Waals surface area contributed by atoms with E-state index in [0.717, 1.165) is 0 Å². The summed E-state index contributed by atoms with van der Waals surface area (Å²) in [5, 5.41) is 0. The van der Waals surface area contributed by atoms with Gasteiger partial charge >= 0.3 is 19.6 Å². The van der Waals surface area contributed by atoms with E-state index in [4.69, 9.17) is 18.8 Å². The first-order valence-corrected chi connectivity index (χ1v) is 6.10. The fourth-order valence-corrected chi connectivity index (χ4v) is 0.989. The van der Waals surface area contributed by atoms with E-state index >= 15 is 0 Å². The molecule has 0 aliphatic carbocycles. The Morgan fingerprint density at radius 3 is 1.57 bits per heavy atom. The zero-order chi connectivity index (χ0) is 16.1. The third kappa shape index (κ3) is 9.42. The molecule has 21 heavy (non-hydrogen) atoms. The summed E-state index contributed by atoms with van der Waals surface area (Å²) in [7, 11) is -0.529. The third-order valence-electron chi connectivity index (χ3n) is 1.98. The maximum atomic E-state index is 11.4. The van der Waals surface area contributed by atoms with E-state index < -0.39 is 19.6 Å². The van der Waals surface area contributed by atoms with Crippen LogP contribution >= 0.6 is 0 Å². The molecule has 0 radical (unpaired) electrons. The second-order valence-electron chi connectivity index (χ2n) is 3.80. The van der Waals surface area contributed by atoms with E-state index in [0.29, 0.717) is 13.2 Å². The number of ether oxygens (including phenoxy) is 2. The molecule has 0 bridgehead atoms. The predicted molar refractivity (Wildman–Crippen MR) is 79.6 cm³/mol. The molecule has 0 aromatic carbocycles. The first-order chi connectivity index (χ1) is 10.0. The second-order valence-corrected chi connectivity index (χ2v) is 3.80. The van der Waals surface area contributed by atoms with E-state index in [1.807, 2.05) is 0 Å². The highest BCUT2D eigenvalue weighted by Gasteiger charge is 2.14. The van der Waals surface area contributed by atoms with Crippen LogP contribution < -0.4 is 0 Å². The van der Waals surface area contributed by atoms with Crippen molar-refractivity contribution in [3.8, 4) is 0 Å². The molecular formula is C14H19BO6. The molecule has 0 saturated carbocycles. The van der Waals surface area contributed by atoms with Gasteiger partial charge in [-0.2, -0.15) is 0 Å². The van der Waals surface area contributed by atoms with E-state index in [1.54, 1.807) is 12.2 Å². The number of rotatable bonds is 12. The van der Waals surface area contributed by atoms with Crippen molar-refractivity contribution >= 4 is 19.6 Å². The Morgan fingerprint density at radius 1 is 0.857 bits per heavy atom.